The highest BCUT2D eigenvalue weighted by Crippen LogP contribution is 2.31. The van der Waals surface area contributed by atoms with Crippen LogP contribution in [0.2, 0.25) is 0 Å². The molecule has 0 saturated heterocycles. The van der Waals surface area contributed by atoms with Crippen LogP contribution in [0.15, 0.2) is 77.2 Å². The highest BCUT2D eigenvalue weighted by atomic mass is 19.1. The molecule has 1 aromatic heterocycles. The fourth-order valence-corrected chi connectivity index (χ4v) is 4.15. The van der Waals surface area contributed by atoms with Gasteiger partial charge in [0, 0.05) is 35.2 Å². The first-order chi connectivity index (χ1) is 18.3. The number of benzene rings is 3. The molecule has 1 heterocycles. The number of carbonyl (C=O) groups is 2. The lowest BCUT2D eigenvalue weighted by Crippen LogP contribution is -2.18. The summed E-state index contributed by atoms with van der Waals surface area (Å²) in [5, 5.41) is 20.6. The van der Waals surface area contributed by atoms with Crippen LogP contribution in [0.25, 0.3) is 22.9 Å². The van der Waals surface area contributed by atoms with Gasteiger partial charge in [0.15, 0.2) is 5.78 Å². The van der Waals surface area contributed by atoms with E-state index in [0.717, 1.165) is 23.2 Å². The third-order valence-electron chi connectivity index (χ3n) is 6.57. The average Bonchev–Trinajstić information content (AvgIpc) is 3.42. The van der Waals surface area contributed by atoms with Crippen LogP contribution in [0.4, 0.5) is 10.1 Å². The van der Waals surface area contributed by atoms with Crippen molar-refractivity contribution in [2.24, 2.45) is 5.92 Å². The van der Waals surface area contributed by atoms with Crippen LogP contribution < -0.4 is 5.32 Å². The summed E-state index contributed by atoms with van der Waals surface area (Å²) in [6, 6.07) is 21.1. The predicted octanol–water partition coefficient (Wildman–Crippen LogP) is 7.18. The second-order valence-electron chi connectivity index (χ2n) is 9.30. The second kappa shape index (κ2) is 12.3. The van der Waals surface area contributed by atoms with Gasteiger partial charge in [-0.05, 0) is 66.4 Å². The van der Waals surface area contributed by atoms with Crippen molar-refractivity contribution in [1.82, 2.24) is 10.2 Å². The lowest BCUT2D eigenvalue weighted by molar-refractivity contribution is -0.137. The standard InChI is InChI=1S/C30H30FN3O4/c1-3-19(2)28(21-9-7-20(8-10-21)26(35)5-4-6-27(36)37)32-25-17-13-23(14-18-25)30-34-33-29(38-30)22-11-15-24(31)16-12-22/h7-19,28,32H,3-6H2,1-2H3,(H,36,37). The molecule has 0 aliphatic heterocycles. The first-order valence-corrected chi connectivity index (χ1v) is 12.7. The number of halogens is 1. The Balaban J connectivity index is 1.45. The van der Waals surface area contributed by atoms with Gasteiger partial charge in [0.05, 0.1) is 6.04 Å². The van der Waals surface area contributed by atoms with Gasteiger partial charge in [-0.2, -0.15) is 0 Å². The number of Topliss-reactive ketones (excluding diaryl/α,β-unsaturated/α-hetero) is 1. The number of hydrogen-bond acceptors (Lipinski definition) is 6. The van der Waals surface area contributed by atoms with Gasteiger partial charge in [-0.1, -0.05) is 44.5 Å². The number of carboxylic acids is 1. The number of rotatable bonds is 12. The summed E-state index contributed by atoms with van der Waals surface area (Å²) in [7, 11) is 0. The van der Waals surface area contributed by atoms with E-state index in [1.54, 1.807) is 12.1 Å². The van der Waals surface area contributed by atoms with E-state index in [4.69, 9.17) is 9.52 Å². The first kappa shape index (κ1) is 26.7. The van der Waals surface area contributed by atoms with Gasteiger partial charge < -0.3 is 14.8 Å². The molecule has 3 aromatic carbocycles. The van der Waals surface area contributed by atoms with Crippen molar-refractivity contribution in [3.05, 3.63) is 89.7 Å². The molecule has 0 aliphatic carbocycles. The number of hydrogen-bond donors (Lipinski definition) is 2. The Morgan fingerprint density at radius 2 is 1.47 bits per heavy atom. The number of aromatic nitrogens is 2. The van der Waals surface area contributed by atoms with Crippen LogP contribution in [-0.2, 0) is 4.79 Å². The van der Waals surface area contributed by atoms with E-state index in [9.17, 15) is 14.0 Å². The fourth-order valence-electron chi connectivity index (χ4n) is 4.15. The molecule has 0 bridgehead atoms. The summed E-state index contributed by atoms with van der Waals surface area (Å²) in [6.45, 7) is 4.31. The summed E-state index contributed by atoms with van der Waals surface area (Å²) in [5.74, 6) is -0.257. The third-order valence-corrected chi connectivity index (χ3v) is 6.57. The number of aliphatic carboxylic acids is 1. The Bertz CT molecular complexity index is 1370. The summed E-state index contributed by atoms with van der Waals surface area (Å²) < 4.78 is 19.0. The number of carbonyl (C=O) groups excluding carboxylic acids is 1. The largest absolute Gasteiger partial charge is 0.481 e. The van der Waals surface area contributed by atoms with E-state index >= 15 is 0 Å². The molecule has 7 nitrogen and oxygen atoms in total. The van der Waals surface area contributed by atoms with Crippen LogP contribution in [0.1, 0.15) is 61.5 Å². The monoisotopic (exact) mass is 515 g/mol. The van der Waals surface area contributed by atoms with E-state index in [0.29, 0.717) is 35.2 Å². The Hall–Kier alpha value is -4.33. The molecule has 8 heteroatoms. The van der Waals surface area contributed by atoms with Crippen molar-refractivity contribution in [1.29, 1.82) is 0 Å². The van der Waals surface area contributed by atoms with Gasteiger partial charge in [0.25, 0.3) is 0 Å². The van der Waals surface area contributed by atoms with Crippen molar-refractivity contribution in [3.63, 3.8) is 0 Å². The minimum absolute atomic E-state index is 0.00939. The molecular formula is C30H30FN3O4. The molecule has 0 spiro atoms. The van der Waals surface area contributed by atoms with Crippen LogP contribution >= 0.6 is 0 Å². The van der Waals surface area contributed by atoms with E-state index in [2.05, 4.69) is 29.4 Å². The fraction of sp³-hybridized carbons (Fsp3) is 0.267. The molecule has 0 fully saturated rings. The van der Waals surface area contributed by atoms with Crippen molar-refractivity contribution in [3.8, 4) is 22.9 Å². The molecule has 4 aromatic rings. The minimum atomic E-state index is -0.893. The van der Waals surface area contributed by atoms with Gasteiger partial charge >= 0.3 is 5.97 Å². The zero-order valence-corrected chi connectivity index (χ0v) is 21.4. The van der Waals surface area contributed by atoms with E-state index < -0.39 is 5.97 Å². The van der Waals surface area contributed by atoms with Crippen LogP contribution in [0.3, 0.4) is 0 Å². The highest BCUT2D eigenvalue weighted by molar-refractivity contribution is 5.96. The van der Waals surface area contributed by atoms with E-state index in [-0.39, 0.29) is 30.5 Å². The molecule has 38 heavy (non-hydrogen) atoms. The van der Waals surface area contributed by atoms with Crippen molar-refractivity contribution in [2.45, 2.75) is 45.6 Å². The molecule has 0 saturated carbocycles. The molecule has 196 valence electrons. The number of anilines is 1. The summed E-state index contributed by atoms with van der Waals surface area (Å²) in [6.07, 6.45) is 1.50. The number of carboxylic acid groups (broad SMARTS) is 1. The Morgan fingerprint density at radius 1 is 0.895 bits per heavy atom. The van der Waals surface area contributed by atoms with Gasteiger partial charge in [-0.25, -0.2) is 4.39 Å². The maximum Gasteiger partial charge on any atom is 0.303 e. The van der Waals surface area contributed by atoms with Gasteiger partial charge in [-0.3, -0.25) is 9.59 Å². The molecule has 2 atom stereocenters. The second-order valence-corrected chi connectivity index (χ2v) is 9.30. The molecule has 2 unspecified atom stereocenters. The SMILES string of the molecule is CCC(C)C(Nc1ccc(-c2nnc(-c3ccc(F)cc3)o2)cc1)c1ccc(C(=O)CCCC(=O)O)cc1. The summed E-state index contributed by atoms with van der Waals surface area (Å²) in [5.41, 5.74) is 3.98. The zero-order valence-electron chi connectivity index (χ0n) is 21.4. The lowest BCUT2D eigenvalue weighted by Gasteiger charge is -2.26. The Kier molecular flexibility index (Phi) is 8.63. The Labute approximate surface area is 220 Å². The molecule has 2 N–H and O–H groups in total. The van der Waals surface area contributed by atoms with Crippen LogP contribution in [0.5, 0.6) is 0 Å². The van der Waals surface area contributed by atoms with Crippen LogP contribution in [0, 0.1) is 11.7 Å². The maximum absolute atomic E-state index is 13.2. The van der Waals surface area contributed by atoms with Gasteiger partial charge in [0.2, 0.25) is 11.8 Å². The normalized spacial score (nSPS) is 12.6. The summed E-state index contributed by atoms with van der Waals surface area (Å²) in [4.78, 5) is 23.1. The predicted molar refractivity (Wildman–Crippen MR) is 143 cm³/mol. The van der Waals surface area contributed by atoms with Crippen molar-refractivity contribution < 1.29 is 23.5 Å². The van der Waals surface area contributed by atoms with Crippen LogP contribution in [-0.4, -0.2) is 27.1 Å². The molecule has 0 aliphatic rings. The zero-order chi connectivity index (χ0) is 27.1. The van der Waals surface area contributed by atoms with Gasteiger partial charge in [0.1, 0.15) is 5.82 Å². The first-order valence-electron chi connectivity index (χ1n) is 12.7. The minimum Gasteiger partial charge on any atom is -0.481 e. The van der Waals surface area contributed by atoms with E-state index in [1.165, 1.54) is 12.1 Å². The number of nitrogens with one attached hydrogen (secondary N) is 1. The quantitative estimate of drug-likeness (QED) is 0.193. The highest BCUT2D eigenvalue weighted by Gasteiger charge is 2.19. The van der Waals surface area contributed by atoms with Gasteiger partial charge in [-0.15, -0.1) is 10.2 Å². The van der Waals surface area contributed by atoms with E-state index in [1.807, 2.05) is 48.5 Å². The average molecular weight is 516 g/mol. The maximum atomic E-state index is 13.2. The molecule has 4 rings (SSSR count). The smallest absolute Gasteiger partial charge is 0.303 e. The summed E-state index contributed by atoms with van der Waals surface area (Å²) >= 11 is 0. The van der Waals surface area contributed by atoms with Crippen molar-refractivity contribution >= 4 is 17.4 Å². The molecular weight excluding hydrogens is 485 g/mol. The molecule has 0 amide bonds. The van der Waals surface area contributed by atoms with Crippen molar-refractivity contribution in [2.75, 3.05) is 5.32 Å². The topological polar surface area (TPSA) is 105 Å². The third kappa shape index (κ3) is 6.70. The number of nitrogens with zero attached hydrogens (tertiary/aromatic N) is 2. The number of ketones is 1. The molecule has 0 radical (unpaired) electrons. The lowest BCUT2D eigenvalue weighted by atomic mass is 9.91. The Morgan fingerprint density at radius 3 is 2.03 bits per heavy atom.